The molecular weight excluding hydrogens is 299 g/mol. The van der Waals surface area contributed by atoms with E-state index in [0.717, 1.165) is 0 Å². The van der Waals surface area contributed by atoms with Crippen molar-refractivity contribution in [3.8, 4) is 22.3 Å². The van der Waals surface area contributed by atoms with Crippen LogP contribution in [0.4, 0.5) is 22.0 Å². The van der Waals surface area contributed by atoms with Gasteiger partial charge in [0.15, 0.2) is 11.6 Å². The molecule has 0 radical (unpaired) electrons. The van der Waals surface area contributed by atoms with Gasteiger partial charge in [0.05, 0.1) is 0 Å². The van der Waals surface area contributed by atoms with E-state index in [1.807, 2.05) is 0 Å². The summed E-state index contributed by atoms with van der Waals surface area (Å²) in [6.07, 6.45) is -1.06. The molecule has 0 amide bonds. The summed E-state index contributed by atoms with van der Waals surface area (Å²) in [6, 6.07) is 4.59. The number of benzene rings is 2. The summed E-state index contributed by atoms with van der Waals surface area (Å²) in [7, 11) is 0. The van der Waals surface area contributed by atoms with E-state index in [9.17, 15) is 22.0 Å². The quantitative estimate of drug-likeness (QED) is 0.538. The molecule has 5 heteroatoms. The Balaban J connectivity index is 2.02. The molecule has 1 aliphatic rings. The first-order valence-corrected chi connectivity index (χ1v) is 6.73. The summed E-state index contributed by atoms with van der Waals surface area (Å²) in [5, 5.41) is 0. The predicted octanol–water partition coefficient (Wildman–Crippen LogP) is 5.77. The highest BCUT2D eigenvalue weighted by molar-refractivity contribution is 6.03. The fourth-order valence-corrected chi connectivity index (χ4v) is 2.77. The van der Waals surface area contributed by atoms with E-state index < -0.39 is 23.5 Å². The Hall–Kier alpha value is -2.17. The molecule has 0 saturated carbocycles. The molecule has 0 N–H and O–H groups in total. The minimum atomic E-state index is -1.82. The van der Waals surface area contributed by atoms with E-state index in [1.165, 1.54) is 19.1 Å². The fourth-order valence-electron chi connectivity index (χ4n) is 2.77. The van der Waals surface area contributed by atoms with Gasteiger partial charge in [-0.3, -0.25) is 0 Å². The molecule has 0 atom stereocenters. The zero-order valence-corrected chi connectivity index (χ0v) is 11.6. The number of fused-ring (bicyclic) bond motifs is 4. The van der Waals surface area contributed by atoms with Crippen LogP contribution in [-0.2, 0) is 6.42 Å². The van der Waals surface area contributed by atoms with Crippen LogP contribution >= 0.6 is 0 Å². The van der Waals surface area contributed by atoms with Crippen LogP contribution in [0.5, 0.6) is 0 Å². The first-order chi connectivity index (χ1) is 10.4. The van der Waals surface area contributed by atoms with Crippen LogP contribution in [0.25, 0.3) is 22.3 Å². The minimum absolute atomic E-state index is 0.0182. The van der Waals surface area contributed by atoms with Crippen molar-refractivity contribution in [2.45, 2.75) is 19.8 Å². The Labute approximate surface area is 123 Å². The average molecular weight is 310 g/mol. The van der Waals surface area contributed by atoms with E-state index in [-0.39, 0.29) is 35.1 Å². The molecule has 0 heterocycles. The fraction of sp³-hybridized carbons (Fsp3) is 0.176. The molecule has 2 aromatic carbocycles. The average Bonchev–Trinajstić information content (AvgIpc) is 2.45. The smallest absolute Gasteiger partial charge is 0.206 e. The number of rotatable bonds is 3. The molecule has 0 bridgehead atoms. The van der Waals surface area contributed by atoms with E-state index in [2.05, 4.69) is 0 Å². The van der Waals surface area contributed by atoms with Gasteiger partial charge in [0.25, 0.3) is 6.08 Å². The first kappa shape index (κ1) is 14.8. The second-order valence-electron chi connectivity index (χ2n) is 5.24. The van der Waals surface area contributed by atoms with Gasteiger partial charge in [0.1, 0.15) is 5.82 Å². The molecule has 0 aromatic heterocycles. The number of allylic oxidation sites excluding steroid dienone is 1. The Kier molecular flexibility index (Phi) is 3.51. The maximum atomic E-state index is 14.4. The molecule has 2 aromatic rings. The molecule has 0 unspecified atom stereocenters. The monoisotopic (exact) mass is 310 g/mol. The molecule has 0 saturated heterocycles. The third-order valence-electron chi connectivity index (χ3n) is 3.86. The molecule has 3 rings (SSSR count). The number of hydrogen-bond donors (Lipinski definition) is 0. The molecule has 0 nitrogen and oxygen atoms in total. The van der Waals surface area contributed by atoms with E-state index in [0.29, 0.717) is 17.2 Å². The maximum Gasteiger partial charge on any atom is 0.266 e. The third kappa shape index (κ3) is 2.12. The first-order valence-electron chi connectivity index (χ1n) is 6.73. The van der Waals surface area contributed by atoms with Crippen LogP contribution in [0.3, 0.4) is 0 Å². The number of hydrogen-bond acceptors (Lipinski definition) is 0. The van der Waals surface area contributed by atoms with Crippen LogP contribution in [0, 0.1) is 24.4 Å². The standard InChI is InChI=1S/C17H11F5/c1-8-7-11-10-6-5-9(3-2-4-12(18)19)16(21)13(10)14(11)17(22)15(8)20/h4-7H,2-3H2,1H3. The van der Waals surface area contributed by atoms with Gasteiger partial charge in [-0.2, -0.15) is 8.78 Å². The van der Waals surface area contributed by atoms with Gasteiger partial charge in [0, 0.05) is 11.1 Å². The molecule has 0 spiro atoms. The lowest BCUT2D eigenvalue weighted by atomic mass is 9.77. The molecule has 0 fully saturated rings. The number of halogens is 5. The summed E-state index contributed by atoms with van der Waals surface area (Å²) in [5.41, 5.74) is 1.34. The Morgan fingerprint density at radius 3 is 2.32 bits per heavy atom. The Morgan fingerprint density at radius 1 is 0.955 bits per heavy atom. The van der Waals surface area contributed by atoms with Gasteiger partial charge in [-0.05, 0) is 54.2 Å². The van der Waals surface area contributed by atoms with E-state index in [4.69, 9.17) is 0 Å². The largest absolute Gasteiger partial charge is 0.266 e. The summed E-state index contributed by atoms with van der Waals surface area (Å²) < 4.78 is 66.1. The lowest BCUT2D eigenvalue weighted by Crippen LogP contribution is -2.09. The zero-order chi connectivity index (χ0) is 16.0. The SMILES string of the molecule is Cc1cc2c(c(F)c1F)-c1c-2ccc(CCC=C(F)F)c1F. The minimum Gasteiger partial charge on any atom is -0.206 e. The van der Waals surface area contributed by atoms with E-state index in [1.54, 1.807) is 6.07 Å². The second kappa shape index (κ2) is 5.23. The zero-order valence-electron chi connectivity index (χ0n) is 11.6. The number of aryl methyl sites for hydroxylation is 2. The van der Waals surface area contributed by atoms with Crippen molar-refractivity contribution in [3.05, 3.63) is 58.9 Å². The molecule has 22 heavy (non-hydrogen) atoms. The topological polar surface area (TPSA) is 0 Å². The van der Waals surface area contributed by atoms with Gasteiger partial charge in [-0.25, -0.2) is 13.2 Å². The highest BCUT2D eigenvalue weighted by Crippen LogP contribution is 2.51. The van der Waals surface area contributed by atoms with Crippen molar-refractivity contribution >= 4 is 0 Å². The van der Waals surface area contributed by atoms with Crippen LogP contribution in [-0.4, -0.2) is 0 Å². The lowest BCUT2D eigenvalue weighted by Gasteiger charge is -2.27. The van der Waals surface area contributed by atoms with E-state index >= 15 is 0 Å². The highest BCUT2D eigenvalue weighted by Gasteiger charge is 2.32. The maximum absolute atomic E-state index is 14.4. The van der Waals surface area contributed by atoms with Crippen molar-refractivity contribution in [3.63, 3.8) is 0 Å². The van der Waals surface area contributed by atoms with Crippen molar-refractivity contribution in [2.24, 2.45) is 0 Å². The van der Waals surface area contributed by atoms with Crippen LogP contribution in [0.1, 0.15) is 17.5 Å². The molecule has 0 aliphatic heterocycles. The summed E-state index contributed by atoms with van der Waals surface area (Å²) in [4.78, 5) is 0. The molecule has 114 valence electrons. The highest BCUT2D eigenvalue weighted by atomic mass is 19.3. The Morgan fingerprint density at radius 2 is 1.64 bits per heavy atom. The summed E-state index contributed by atoms with van der Waals surface area (Å²) in [5.74, 6) is -2.72. The second-order valence-corrected chi connectivity index (χ2v) is 5.24. The van der Waals surface area contributed by atoms with Crippen LogP contribution in [0.2, 0.25) is 0 Å². The van der Waals surface area contributed by atoms with Crippen molar-refractivity contribution in [1.82, 2.24) is 0 Å². The normalized spacial score (nSPS) is 11.5. The summed E-state index contributed by atoms with van der Waals surface area (Å²) >= 11 is 0. The van der Waals surface area contributed by atoms with Crippen molar-refractivity contribution in [1.29, 1.82) is 0 Å². The molecule has 1 aliphatic carbocycles. The van der Waals surface area contributed by atoms with Gasteiger partial charge in [-0.15, -0.1) is 0 Å². The van der Waals surface area contributed by atoms with Gasteiger partial charge in [-0.1, -0.05) is 12.1 Å². The summed E-state index contributed by atoms with van der Waals surface area (Å²) in [6.45, 7) is 1.44. The van der Waals surface area contributed by atoms with Crippen molar-refractivity contribution < 1.29 is 22.0 Å². The third-order valence-corrected chi connectivity index (χ3v) is 3.86. The van der Waals surface area contributed by atoms with Gasteiger partial charge in [0.2, 0.25) is 0 Å². The molecular formula is C17H11F5. The van der Waals surface area contributed by atoms with Crippen molar-refractivity contribution in [2.75, 3.05) is 0 Å². The van der Waals surface area contributed by atoms with Gasteiger partial charge >= 0.3 is 0 Å². The lowest BCUT2D eigenvalue weighted by molar-refractivity contribution is 0.417. The van der Waals surface area contributed by atoms with Crippen LogP contribution in [0.15, 0.2) is 30.4 Å². The van der Waals surface area contributed by atoms with Crippen LogP contribution < -0.4 is 0 Å². The predicted molar refractivity (Wildman–Crippen MR) is 74.1 cm³/mol. The Bertz CT molecular complexity index is 801. The van der Waals surface area contributed by atoms with Gasteiger partial charge < -0.3 is 0 Å².